The van der Waals surface area contributed by atoms with Gasteiger partial charge in [0.2, 0.25) is 0 Å². The first-order chi connectivity index (χ1) is 6.27. The number of hydrogen-bond acceptors (Lipinski definition) is 5. The van der Waals surface area contributed by atoms with Gasteiger partial charge in [-0.1, -0.05) is 0 Å². The van der Waals surface area contributed by atoms with E-state index in [0.717, 1.165) is 6.26 Å². The average Bonchev–Trinajstić information content (AvgIpc) is 2.00. The summed E-state index contributed by atoms with van der Waals surface area (Å²) < 4.78 is 44.0. The molecule has 7 heteroatoms. The molecule has 0 saturated carbocycles. The Balaban J connectivity index is 3.97. The van der Waals surface area contributed by atoms with Crippen molar-refractivity contribution in [2.75, 3.05) is 37.1 Å². The molecule has 0 fully saturated rings. The third-order valence-corrected chi connectivity index (χ3v) is 4.59. The van der Waals surface area contributed by atoms with Crippen LogP contribution in [0.25, 0.3) is 0 Å². The summed E-state index contributed by atoms with van der Waals surface area (Å²) in [7, 11) is -4.65. The maximum Gasteiger partial charge on any atom is 0.151 e. The van der Waals surface area contributed by atoms with E-state index in [2.05, 4.69) is 5.32 Å². The zero-order valence-corrected chi connectivity index (χ0v) is 10.1. The fourth-order valence-corrected chi connectivity index (χ4v) is 3.86. The Bertz CT molecular complexity index is 344. The quantitative estimate of drug-likeness (QED) is 0.583. The van der Waals surface area contributed by atoms with Crippen molar-refractivity contribution >= 4 is 19.7 Å². The molecule has 0 unspecified atom stereocenters. The monoisotopic (exact) mass is 243 g/mol. The van der Waals surface area contributed by atoms with Crippen molar-refractivity contribution in [3.8, 4) is 0 Å². The van der Waals surface area contributed by atoms with Crippen molar-refractivity contribution in [2.45, 2.75) is 6.42 Å². The summed E-state index contributed by atoms with van der Waals surface area (Å²) in [5.74, 6) is -0.506. The van der Waals surface area contributed by atoms with E-state index in [1.807, 2.05) is 0 Å². The summed E-state index contributed by atoms with van der Waals surface area (Å²) in [6.07, 6.45) is 1.55. The van der Waals surface area contributed by atoms with E-state index in [-0.39, 0.29) is 17.3 Å². The normalized spacial score (nSPS) is 13.0. The van der Waals surface area contributed by atoms with Crippen LogP contribution >= 0.6 is 0 Å². The second kappa shape index (κ2) is 5.67. The molecule has 0 spiro atoms. The number of hydrogen-bond donors (Lipinski definition) is 1. The fraction of sp³-hybridized carbons (Fsp3) is 1.00. The predicted molar refractivity (Wildman–Crippen MR) is 56.9 cm³/mol. The van der Waals surface area contributed by atoms with Crippen molar-refractivity contribution in [2.24, 2.45) is 0 Å². The molecule has 5 nitrogen and oxygen atoms in total. The topological polar surface area (TPSA) is 80.3 Å². The van der Waals surface area contributed by atoms with Gasteiger partial charge in [0.25, 0.3) is 0 Å². The van der Waals surface area contributed by atoms with Crippen molar-refractivity contribution in [3.05, 3.63) is 0 Å². The Hall–Kier alpha value is -0.140. The molecule has 0 heterocycles. The van der Waals surface area contributed by atoms with Crippen LogP contribution in [0.3, 0.4) is 0 Å². The standard InChI is InChI=1S/C7H17NO4S2/c1-8-4-3-5-14(11,12)7-6-13(2,9)10/h8H,3-7H2,1-2H3. The zero-order chi connectivity index (χ0) is 11.2. The van der Waals surface area contributed by atoms with E-state index in [4.69, 9.17) is 0 Å². The zero-order valence-electron chi connectivity index (χ0n) is 8.49. The number of sulfone groups is 2. The lowest BCUT2D eigenvalue weighted by Crippen LogP contribution is -2.21. The van der Waals surface area contributed by atoms with E-state index in [9.17, 15) is 16.8 Å². The summed E-state index contributed by atoms with van der Waals surface area (Å²) >= 11 is 0. The Morgan fingerprint density at radius 3 is 2.00 bits per heavy atom. The van der Waals surface area contributed by atoms with Crippen molar-refractivity contribution in [1.29, 1.82) is 0 Å². The van der Waals surface area contributed by atoms with Crippen molar-refractivity contribution < 1.29 is 16.8 Å². The maximum absolute atomic E-state index is 11.3. The van der Waals surface area contributed by atoms with Crippen molar-refractivity contribution in [1.82, 2.24) is 5.32 Å². The molecule has 86 valence electrons. The van der Waals surface area contributed by atoms with E-state index >= 15 is 0 Å². The molecule has 0 aliphatic heterocycles. The van der Waals surface area contributed by atoms with Crippen LogP contribution in [0.2, 0.25) is 0 Å². The van der Waals surface area contributed by atoms with Gasteiger partial charge in [0.1, 0.15) is 9.84 Å². The second-order valence-electron chi connectivity index (χ2n) is 3.24. The van der Waals surface area contributed by atoms with Crippen LogP contribution in [0.1, 0.15) is 6.42 Å². The molecule has 0 radical (unpaired) electrons. The fourth-order valence-electron chi connectivity index (χ4n) is 0.849. The third-order valence-electron chi connectivity index (χ3n) is 1.65. The number of nitrogens with one attached hydrogen (secondary N) is 1. The molecule has 0 atom stereocenters. The van der Waals surface area contributed by atoms with E-state index in [1.165, 1.54) is 0 Å². The predicted octanol–water partition coefficient (Wildman–Crippen LogP) is -0.945. The smallest absolute Gasteiger partial charge is 0.151 e. The summed E-state index contributed by atoms with van der Waals surface area (Å²) in [5.41, 5.74) is 0. The average molecular weight is 243 g/mol. The van der Waals surface area contributed by atoms with E-state index < -0.39 is 19.7 Å². The summed E-state index contributed by atoms with van der Waals surface area (Å²) in [5, 5.41) is 2.83. The molecule has 0 aromatic heterocycles. The highest BCUT2D eigenvalue weighted by atomic mass is 32.2. The molecular formula is C7H17NO4S2. The second-order valence-corrected chi connectivity index (χ2v) is 7.80. The number of rotatable bonds is 7. The van der Waals surface area contributed by atoms with Crippen LogP contribution in [0.5, 0.6) is 0 Å². The lowest BCUT2D eigenvalue weighted by Gasteiger charge is -2.02. The highest BCUT2D eigenvalue weighted by molar-refractivity contribution is 7.94. The highest BCUT2D eigenvalue weighted by Gasteiger charge is 2.13. The van der Waals surface area contributed by atoms with Crippen LogP contribution < -0.4 is 5.32 Å². The third kappa shape index (κ3) is 8.46. The van der Waals surface area contributed by atoms with Gasteiger partial charge in [-0.3, -0.25) is 0 Å². The Labute approximate surface area is 85.7 Å². The van der Waals surface area contributed by atoms with Gasteiger partial charge >= 0.3 is 0 Å². The minimum Gasteiger partial charge on any atom is -0.320 e. The Morgan fingerprint density at radius 1 is 1.00 bits per heavy atom. The SMILES string of the molecule is CNCCCS(=O)(=O)CCS(C)(=O)=O. The van der Waals surface area contributed by atoms with Crippen LogP contribution in [0.4, 0.5) is 0 Å². The first-order valence-electron chi connectivity index (χ1n) is 4.29. The minimum atomic E-state index is -3.21. The van der Waals surface area contributed by atoms with Gasteiger partial charge in [-0.15, -0.1) is 0 Å². The van der Waals surface area contributed by atoms with Gasteiger partial charge in [0, 0.05) is 6.26 Å². The molecule has 0 aromatic carbocycles. The first-order valence-corrected chi connectivity index (χ1v) is 8.18. The molecule has 0 amide bonds. The van der Waals surface area contributed by atoms with Gasteiger partial charge in [-0.05, 0) is 20.0 Å². The van der Waals surface area contributed by atoms with Crippen LogP contribution in [-0.2, 0) is 19.7 Å². The molecule has 0 bridgehead atoms. The van der Waals surface area contributed by atoms with Gasteiger partial charge < -0.3 is 5.32 Å². The molecule has 0 aliphatic rings. The molecule has 0 aliphatic carbocycles. The lowest BCUT2D eigenvalue weighted by atomic mass is 10.5. The van der Waals surface area contributed by atoms with Crippen LogP contribution in [0, 0.1) is 0 Å². The largest absolute Gasteiger partial charge is 0.320 e. The van der Waals surface area contributed by atoms with Crippen molar-refractivity contribution in [3.63, 3.8) is 0 Å². The lowest BCUT2D eigenvalue weighted by molar-refractivity contribution is 0.587. The molecule has 0 saturated heterocycles. The summed E-state index contributed by atoms with van der Waals surface area (Å²) in [6.45, 7) is 0.623. The van der Waals surface area contributed by atoms with Crippen LogP contribution in [-0.4, -0.2) is 53.9 Å². The van der Waals surface area contributed by atoms with Crippen LogP contribution in [0.15, 0.2) is 0 Å². The minimum absolute atomic E-state index is 0.0450. The Morgan fingerprint density at radius 2 is 1.57 bits per heavy atom. The van der Waals surface area contributed by atoms with E-state index in [0.29, 0.717) is 13.0 Å². The van der Waals surface area contributed by atoms with Gasteiger partial charge in [0.05, 0.1) is 17.3 Å². The van der Waals surface area contributed by atoms with Gasteiger partial charge in [0.15, 0.2) is 9.84 Å². The first kappa shape index (κ1) is 13.9. The summed E-state index contributed by atoms with van der Waals surface area (Å²) in [4.78, 5) is 0. The maximum atomic E-state index is 11.3. The molecule has 1 N–H and O–H groups in total. The van der Waals surface area contributed by atoms with Gasteiger partial charge in [-0.2, -0.15) is 0 Å². The molecule has 14 heavy (non-hydrogen) atoms. The van der Waals surface area contributed by atoms with Gasteiger partial charge in [-0.25, -0.2) is 16.8 Å². The summed E-state index contributed by atoms with van der Waals surface area (Å²) in [6, 6.07) is 0. The highest BCUT2D eigenvalue weighted by Crippen LogP contribution is 1.96. The molecular weight excluding hydrogens is 226 g/mol. The Kier molecular flexibility index (Phi) is 5.61. The molecule has 0 aromatic rings. The van der Waals surface area contributed by atoms with E-state index in [1.54, 1.807) is 7.05 Å². The molecule has 0 rings (SSSR count).